The van der Waals surface area contributed by atoms with Crippen LogP contribution in [0.3, 0.4) is 0 Å². The zero-order valence-corrected chi connectivity index (χ0v) is 24.9. The van der Waals surface area contributed by atoms with Crippen molar-refractivity contribution in [3.63, 3.8) is 0 Å². The number of hydrogen-bond acceptors (Lipinski definition) is 6. The Balaban J connectivity index is 1.32. The largest absolute Gasteiger partial charge is 0.392 e. The van der Waals surface area contributed by atoms with E-state index in [4.69, 9.17) is 0 Å². The van der Waals surface area contributed by atoms with Crippen LogP contribution in [-0.2, 0) is 33.0 Å². The number of pyridine rings is 2. The van der Waals surface area contributed by atoms with Crippen molar-refractivity contribution >= 4 is 23.1 Å². The van der Waals surface area contributed by atoms with Gasteiger partial charge in [0.15, 0.2) is 0 Å². The number of amides is 1. The van der Waals surface area contributed by atoms with Gasteiger partial charge >= 0.3 is 0 Å². The van der Waals surface area contributed by atoms with Gasteiger partial charge in [-0.2, -0.15) is 0 Å². The lowest BCUT2D eigenvalue weighted by Gasteiger charge is -2.34. The van der Waals surface area contributed by atoms with E-state index in [9.17, 15) is 14.7 Å². The molecule has 9 heteroatoms. The zero-order valence-electron chi connectivity index (χ0n) is 24.9. The Labute approximate surface area is 251 Å². The number of hydrogen-bond donors (Lipinski definition) is 1. The topological polar surface area (TPSA) is 86.8 Å². The van der Waals surface area contributed by atoms with E-state index in [1.165, 1.54) is 5.69 Å². The minimum atomic E-state index is -0.234. The molecular formula is C34H38N6O3. The molecule has 1 N–H and O–H groups in total. The molecule has 1 aromatic carbocycles. The first kappa shape index (κ1) is 27.6. The fourth-order valence-corrected chi connectivity index (χ4v) is 7.29. The molecule has 1 atom stereocenters. The second-order valence-electron chi connectivity index (χ2n) is 12.0. The number of anilines is 3. The molecule has 1 unspecified atom stereocenters. The molecule has 3 aliphatic rings. The van der Waals surface area contributed by atoms with Crippen LogP contribution in [0.2, 0.25) is 0 Å². The first-order valence-electron chi connectivity index (χ1n) is 15.3. The quantitative estimate of drug-likeness (QED) is 0.363. The second-order valence-corrected chi connectivity index (χ2v) is 12.0. The monoisotopic (exact) mass is 578 g/mol. The van der Waals surface area contributed by atoms with E-state index in [1.54, 1.807) is 17.8 Å². The summed E-state index contributed by atoms with van der Waals surface area (Å²) < 4.78 is 3.95. The van der Waals surface area contributed by atoms with Crippen LogP contribution in [-0.4, -0.2) is 56.3 Å². The average Bonchev–Trinajstić information content (AvgIpc) is 3.63. The number of likely N-dealkylation sites (tertiary alicyclic amines) is 1. The van der Waals surface area contributed by atoms with Gasteiger partial charge in [-0.25, -0.2) is 4.98 Å². The molecule has 222 valence electrons. The van der Waals surface area contributed by atoms with Crippen LogP contribution < -0.4 is 15.4 Å². The van der Waals surface area contributed by atoms with Crippen molar-refractivity contribution in [1.82, 2.24) is 19.0 Å². The van der Waals surface area contributed by atoms with Gasteiger partial charge in [0.1, 0.15) is 11.5 Å². The van der Waals surface area contributed by atoms with Crippen LogP contribution in [0.1, 0.15) is 53.0 Å². The number of nitrogens with zero attached hydrogens (tertiary/aromatic N) is 6. The van der Waals surface area contributed by atoms with E-state index in [0.717, 1.165) is 79.8 Å². The summed E-state index contributed by atoms with van der Waals surface area (Å²) in [5.74, 6) is 0.707. The lowest BCUT2D eigenvalue weighted by Crippen LogP contribution is -2.43. The molecule has 3 aliphatic heterocycles. The van der Waals surface area contributed by atoms with Crippen LogP contribution >= 0.6 is 0 Å². The number of aliphatic hydroxyl groups excluding tert-OH is 1. The Morgan fingerprint density at radius 2 is 1.84 bits per heavy atom. The number of aryl methyl sites for hydroxylation is 2. The van der Waals surface area contributed by atoms with Crippen molar-refractivity contribution in [3.05, 3.63) is 93.8 Å². The van der Waals surface area contributed by atoms with Gasteiger partial charge in [0, 0.05) is 61.5 Å². The van der Waals surface area contributed by atoms with Gasteiger partial charge in [-0.3, -0.25) is 14.5 Å². The molecule has 0 saturated carbocycles. The van der Waals surface area contributed by atoms with E-state index in [1.807, 2.05) is 58.5 Å². The van der Waals surface area contributed by atoms with E-state index >= 15 is 0 Å². The van der Waals surface area contributed by atoms with Crippen LogP contribution in [0.4, 0.5) is 17.2 Å². The summed E-state index contributed by atoms with van der Waals surface area (Å²) in [4.78, 5) is 38.4. The predicted molar refractivity (Wildman–Crippen MR) is 168 cm³/mol. The summed E-state index contributed by atoms with van der Waals surface area (Å²) in [5.41, 5.74) is 6.59. The fraction of sp³-hybridized carbons (Fsp3) is 0.382. The molecule has 6 heterocycles. The van der Waals surface area contributed by atoms with Gasteiger partial charge in [-0.15, -0.1) is 0 Å². The van der Waals surface area contributed by atoms with Crippen molar-refractivity contribution < 1.29 is 9.90 Å². The van der Waals surface area contributed by atoms with Gasteiger partial charge in [0.25, 0.3) is 11.5 Å². The molecule has 0 aliphatic carbocycles. The van der Waals surface area contributed by atoms with Crippen molar-refractivity contribution in [3.8, 4) is 11.1 Å². The molecule has 9 nitrogen and oxygen atoms in total. The maximum absolute atomic E-state index is 13.9. The van der Waals surface area contributed by atoms with Crippen LogP contribution in [0.5, 0.6) is 0 Å². The summed E-state index contributed by atoms with van der Waals surface area (Å²) in [6.07, 6.45) is 9.63. The smallest absolute Gasteiger partial charge is 0.274 e. The number of benzene rings is 1. The maximum Gasteiger partial charge on any atom is 0.274 e. The summed E-state index contributed by atoms with van der Waals surface area (Å²) >= 11 is 0. The summed E-state index contributed by atoms with van der Waals surface area (Å²) in [7, 11) is 3.84. The molecule has 0 bridgehead atoms. The molecule has 0 spiro atoms. The Hall–Kier alpha value is -4.21. The number of carbonyl (C=O) groups excluding carboxylic acids is 1. The van der Waals surface area contributed by atoms with Gasteiger partial charge in [0.2, 0.25) is 0 Å². The molecule has 1 fully saturated rings. The lowest BCUT2D eigenvalue weighted by molar-refractivity contribution is 0.0979. The number of fused-ring (bicyclic) bond motifs is 3. The third-order valence-corrected chi connectivity index (χ3v) is 9.42. The Morgan fingerprint density at radius 1 is 0.953 bits per heavy atom. The van der Waals surface area contributed by atoms with Crippen LogP contribution in [0.25, 0.3) is 11.1 Å². The van der Waals surface area contributed by atoms with Crippen molar-refractivity contribution in [2.45, 2.75) is 57.8 Å². The highest BCUT2D eigenvalue weighted by molar-refractivity contribution is 6.09. The van der Waals surface area contributed by atoms with Crippen LogP contribution in [0.15, 0.2) is 65.7 Å². The highest BCUT2D eigenvalue weighted by Gasteiger charge is 2.33. The van der Waals surface area contributed by atoms with Gasteiger partial charge in [-0.05, 0) is 81.6 Å². The standard InChI is InChI=1S/C34H38N6O3/c1-36-16-8-13-32(36)40(31-12-3-5-15-35-31)30-19-23(21-37(2)34(30)43)25-10-7-11-28(27(25)22-41)39-18-14-29-26(33(39)42)20-24-9-4-6-17-38(24)29/h3,5,7,10-12,15,19-21,32,41H,4,6,8-9,13-14,16-18,22H2,1-2H3. The lowest BCUT2D eigenvalue weighted by atomic mass is 9.97. The minimum absolute atomic E-state index is 0.00472. The molecule has 1 saturated heterocycles. The predicted octanol–water partition coefficient (Wildman–Crippen LogP) is 4.47. The third-order valence-electron chi connectivity index (χ3n) is 9.42. The van der Waals surface area contributed by atoms with E-state index in [0.29, 0.717) is 23.5 Å². The van der Waals surface area contributed by atoms with Crippen molar-refractivity contribution in [2.75, 3.05) is 29.9 Å². The zero-order chi connectivity index (χ0) is 29.7. The average molecular weight is 579 g/mol. The molecule has 1 amide bonds. The van der Waals surface area contributed by atoms with Crippen LogP contribution in [0, 0.1) is 0 Å². The molecule has 0 radical (unpaired) electrons. The molecule has 7 rings (SSSR count). The SMILES string of the molecule is CN1CCCC1N(c1ccccn1)c1cc(-c2cccc(N3CCc4c(cc5n4CCCC5)C3=O)c2CO)cn(C)c1=O. The summed E-state index contributed by atoms with van der Waals surface area (Å²) in [6.45, 7) is 2.26. The highest BCUT2D eigenvalue weighted by atomic mass is 16.3. The summed E-state index contributed by atoms with van der Waals surface area (Å²) in [5, 5.41) is 10.8. The Morgan fingerprint density at radius 3 is 2.60 bits per heavy atom. The molecule has 3 aromatic heterocycles. The van der Waals surface area contributed by atoms with E-state index < -0.39 is 0 Å². The van der Waals surface area contributed by atoms with Crippen molar-refractivity contribution in [2.24, 2.45) is 7.05 Å². The molecular weight excluding hydrogens is 540 g/mol. The fourth-order valence-electron chi connectivity index (χ4n) is 7.29. The number of aliphatic hydroxyl groups is 1. The van der Waals surface area contributed by atoms with E-state index in [2.05, 4.69) is 27.6 Å². The Bertz CT molecular complexity index is 1740. The van der Waals surface area contributed by atoms with Crippen molar-refractivity contribution in [1.29, 1.82) is 0 Å². The Kier molecular flexibility index (Phi) is 7.15. The highest BCUT2D eigenvalue weighted by Crippen LogP contribution is 2.37. The second kappa shape index (κ2) is 11.1. The van der Waals surface area contributed by atoms with E-state index in [-0.39, 0.29) is 24.2 Å². The third kappa shape index (κ3) is 4.67. The van der Waals surface area contributed by atoms with Gasteiger partial charge in [-0.1, -0.05) is 18.2 Å². The molecule has 4 aromatic rings. The first-order chi connectivity index (χ1) is 21.0. The normalized spacial score (nSPS) is 18.5. The minimum Gasteiger partial charge on any atom is -0.392 e. The summed E-state index contributed by atoms with van der Waals surface area (Å²) in [6, 6.07) is 15.6. The molecule has 43 heavy (non-hydrogen) atoms. The number of aromatic nitrogens is 3. The number of rotatable bonds is 6. The maximum atomic E-state index is 13.9. The number of carbonyl (C=O) groups is 1. The van der Waals surface area contributed by atoms with Gasteiger partial charge in [0.05, 0.1) is 24.0 Å². The van der Waals surface area contributed by atoms with Gasteiger partial charge < -0.3 is 24.0 Å². The first-order valence-corrected chi connectivity index (χ1v) is 15.3.